The van der Waals surface area contributed by atoms with Crippen LogP contribution in [0.3, 0.4) is 0 Å². The molecule has 0 saturated carbocycles. The molecule has 0 aromatic heterocycles. The van der Waals surface area contributed by atoms with Crippen molar-refractivity contribution in [2.75, 3.05) is 32.2 Å². The van der Waals surface area contributed by atoms with Gasteiger partial charge in [0.1, 0.15) is 0 Å². The number of rotatable bonds is 6. The number of hydrogen-bond acceptors (Lipinski definition) is 4. The Bertz CT molecular complexity index is 302. The third-order valence-corrected chi connectivity index (χ3v) is 5.23. The van der Waals surface area contributed by atoms with Crippen molar-refractivity contribution in [2.24, 2.45) is 11.8 Å². The van der Waals surface area contributed by atoms with E-state index in [1.807, 2.05) is 14.0 Å². The second-order valence-electron chi connectivity index (χ2n) is 4.76. The Morgan fingerprint density at radius 2 is 2.19 bits per heavy atom. The summed E-state index contributed by atoms with van der Waals surface area (Å²) in [4.78, 5) is 0. The molecule has 3 unspecified atom stereocenters. The molecule has 1 aliphatic rings. The topological polar surface area (TPSA) is 55.4 Å². The lowest BCUT2D eigenvalue weighted by atomic mass is 9.87. The van der Waals surface area contributed by atoms with Gasteiger partial charge in [-0.15, -0.1) is 0 Å². The molecule has 1 saturated heterocycles. The Morgan fingerprint density at radius 3 is 2.62 bits per heavy atom. The van der Waals surface area contributed by atoms with Gasteiger partial charge in [-0.1, -0.05) is 0 Å². The largest absolute Gasteiger partial charge is 0.382 e. The second-order valence-corrected chi connectivity index (χ2v) is 6.99. The first-order chi connectivity index (χ1) is 7.48. The molecular formula is C11H23NO3S. The van der Waals surface area contributed by atoms with E-state index in [-0.39, 0.29) is 6.10 Å². The van der Waals surface area contributed by atoms with E-state index in [0.29, 0.717) is 23.3 Å². The first-order valence-electron chi connectivity index (χ1n) is 5.86. The fourth-order valence-electron chi connectivity index (χ4n) is 2.42. The Hall–Kier alpha value is -0.130. The van der Waals surface area contributed by atoms with Crippen molar-refractivity contribution in [3.05, 3.63) is 0 Å². The zero-order valence-corrected chi connectivity index (χ0v) is 11.2. The van der Waals surface area contributed by atoms with E-state index in [1.165, 1.54) is 0 Å². The highest BCUT2D eigenvalue weighted by molar-refractivity contribution is 7.91. The molecule has 0 spiro atoms. The van der Waals surface area contributed by atoms with E-state index in [2.05, 4.69) is 5.32 Å². The molecule has 5 heteroatoms. The van der Waals surface area contributed by atoms with E-state index in [1.54, 1.807) is 7.11 Å². The van der Waals surface area contributed by atoms with Crippen LogP contribution in [0.5, 0.6) is 0 Å². The highest BCUT2D eigenvalue weighted by Gasteiger charge is 2.33. The summed E-state index contributed by atoms with van der Waals surface area (Å²) >= 11 is 0. The van der Waals surface area contributed by atoms with Gasteiger partial charge in [-0.3, -0.25) is 0 Å². The van der Waals surface area contributed by atoms with Crippen LogP contribution in [0, 0.1) is 11.8 Å². The standard InChI is InChI=1S/C11H23NO3S/c1-9(15-3)6-11(7-12-2)10-4-5-16(13,14)8-10/h9-12H,4-8H2,1-3H3. The van der Waals surface area contributed by atoms with Gasteiger partial charge in [0.25, 0.3) is 0 Å². The zero-order chi connectivity index (χ0) is 12.2. The average molecular weight is 249 g/mol. The maximum Gasteiger partial charge on any atom is 0.150 e. The molecule has 0 aromatic rings. The van der Waals surface area contributed by atoms with Gasteiger partial charge in [-0.2, -0.15) is 0 Å². The smallest absolute Gasteiger partial charge is 0.150 e. The van der Waals surface area contributed by atoms with E-state index in [4.69, 9.17) is 4.74 Å². The molecule has 96 valence electrons. The second kappa shape index (κ2) is 5.98. The molecule has 16 heavy (non-hydrogen) atoms. The molecule has 0 radical (unpaired) electrons. The van der Waals surface area contributed by atoms with Gasteiger partial charge in [0.2, 0.25) is 0 Å². The third kappa shape index (κ3) is 4.03. The molecule has 1 aliphatic heterocycles. The lowest BCUT2D eigenvalue weighted by molar-refractivity contribution is 0.0857. The van der Waals surface area contributed by atoms with Crippen LogP contribution in [0.2, 0.25) is 0 Å². The van der Waals surface area contributed by atoms with Crippen molar-refractivity contribution in [1.82, 2.24) is 5.32 Å². The molecule has 0 bridgehead atoms. The molecule has 0 aromatic carbocycles. The van der Waals surface area contributed by atoms with Crippen LogP contribution in [0.4, 0.5) is 0 Å². The van der Waals surface area contributed by atoms with Crippen LogP contribution in [0.25, 0.3) is 0 Å². The predicted octanol–water partition coefficient (Wildman–Crippen LogP) is 0.682. The van der Waals surface area contributed by atoms with Crippen molar-refractivity contribution >= 4 is 9.84 Å². The number of nitrogens with one attached hydrogen (secondary N) is 1. The summed E-state index contributed by atoms with van der Waals surface area (Å²) in [7, 11) is 0.842. The lowest BCUT2D eigenvalue weighted by Crippen LogP contribution is -2.30. The molecule has 1 N–H and O–H groups in total. The molecular weight excluding hydrogens is 226 g/mol. The average Bonchev–Trinajstić information content (AvgIpc) is 2.58. The number of methoxy groups -OCH3 is 1. The minimum absolute atomic E-state index is 0.196. The van der Waals surface area contributed by atoms with Crippen molar-refractivity contribution in [3.63, 3.8) is 0 Å². The maximum absolute atomic E-state index is 11.5. The molecule has 0 amide bonds. The Morgan fingerprint density at radius 1 is 1.50 bits per heavy atom. The quantitative estimate of drug-likeness (QED) is 0.752. The molecule has 0 aliphatic carbocycles. The minimum atomic E-state index is -2.77. The number of sulfone groups is 1. The van der Waals surface area contributed by atoms with Gasteiger partial charge < -0.3 is 10.1 Å². The summed E-state index contributed by atoms with van der Waals surface area (Å²) in [5.74, 6) is 1.42. The van der Waals surface area contributed by atoms with Crippen LogP contribution in [0.1, 0.15) is 19.8 Å². The predicted molar refractivity (Wildman–Crippen MR) is 65.3 cm³/mol. The van der Waals surface area contributed by atoms with E-state index < -0.39 is 9.84 Å². The Balaban J connectivity index is 2.57. The highest BCUT2D eigenvalue weighted by Crippen LogP contribution is 2.29. The van der Waals surface area contributed by atoms with Crippen molar-refractivity contribution < 1.29 is 13.2 Å². The van der Waals surface area contributed by atoms with Crippen LogP contribution < -0.4 is 5.32 Å². The summed E-state index contributed by atoms with van der Waals surface area (Å²) < 4.78 is 28.2. The fraction of sp³-hybridized carbons (Fsp3) is 1.00. The lowest BCUT2D eigenvalue weighted by Gasteiger charge is -2.24. The fourth-order valence-corrected chi connectivity index (χ4v) is 4.34. The van der Waals surface area contributed by atoms with E-state index in [0.717, 1.165) is 19.4 Å². The molecule has 1 fully saturated rings. The van der Waals surface area contributed by atoms with Crippen LogP contribution >= 0.6 is 0 Å². The van der Waals surface area contributed by atoms with E-state index >= 15 is 0 Å². The first-order valence-corrected chi connectivity index (χ1v) is 7.68. The van der Waals surface area contributed by atoms with E-state index in [9.17, 15) is 8.42 Å². The summed E-state index contributed by atoms with van der Waals surface area (Å²) in [6, 6.07) is 0. The van der Waals surface area contributed by atoms with Crippen molar-refractivity contribution in [2.45, 2.75) is 25.9 Å². The number of hydrogen-bond donors (Lipinski definition) is 1. The summed E-state index contributed by atoms with van der Waals surface area (Å²) in [6.45, 7) is 2.90. The van der Waals surface area contributed by atoms with Gasteiger partial charge in [0.15, 0.2) is 9.84 Å². The zero-order valence-electron chi connectivity index (χ0n) is 10.4. The minimum Gasteiger partial charge on any atom is -0.382 e. The van der Waals surface area contributed by atoms with Gasteiger partial charge in [0, 0.05) is 7.11 Å². The van der Waals surface area contributed by atoms with Crippen LogP contribution in [-0.4, -0.2) is 46.7 Å². The summed E-state index contributed by atoms with van der Waals surface area (Å²) in [5, 5.41) is 3.15. The van der Waals surface area contributed by atoms with Crippen LogP contribution in [0.15, 0.2) is 0 Å². The Kier molecular flexibility index (Phi) is 5.21. The molecule has 1 heterocycles. The molecule has 4 nitrogen and oxygen atoms in total. The molecule has 3 atom stereocenters. The normalized spacial score (nSPS) is 27.8. The van der Waals surface area contributed by atoms with Gasteiger partial charge in [-0.05, 0) is 45.2 Å². The van der Waals surface area contributed by atoms with Gasteiger partial charge >= 0.3 is 0 Å². The third-order valence-electron chi connectivity index (χ3n) is 3.44. The summed E-state index contributed by atoms with van der Waals surface area (Å²) in [6.07, 6.45) is 1.93. The van der Waals surface area contributed by atoms with Gasteiger partial charge in [-0.25, -0.2) is 8.42 Å². The number of ether oxygens (including phenoxy) is 1. The van der Waals surface area contributed by atoms with Crippen molar-refractivity contribution in [1.29, 1.82) is 0 Å². The van der Waals surface area contributed by atoms with Crippen LogP contribution in [-0.2, 0) is 14.6 Å². The van der Waals surface area contributed by atoms with Crippen molar-refractivity contribution in [3.8, 4) is 0 Å². The highest BCUT2D eigenvalue weighted by atomic mass is 32.2. The first kappa shape index (κ1) is 13.9. The van der Waals surface area contributed by atoms with Gasteiger partial charge in [0.05, 0.1) is 17.6 Å². The SMILES string of the molecule is CNCC(CC(C)OC)C1CCS(=O)(=O)C1. The molecule has 1 rings (SSSR count). The monoisotopic (exact) mass is 249 g/mol. The maximum atomic E-state index is 11.5. The summed E-state index contributed by atoms with van der Waals surface area (Å²) in [5.41, 5.74) is 0. The Labute approximate surface area is 98.7 Å².